The number of rotatable bonds is 4. The van der Waals surface area contributed by atoms with Gasteiger partial charge in [-0.1, -0.05) is 51.1 Å². The average molecular weight is 374 g/mol. The van der Waals surface area contributed by atoms with E-state index in [4.69, 9.17) is 0 Å². The van der Waals surface area contributed by atoms with Crippen LogP contribution >= 0.6 is 0 Å². The number of carbonyl (C=O) groups is 2. The standard InChI is InChI=1S/C22H22N4O2/c1-22(2,3)21(28)26-19-13-16(9-12-24-19)20(27)25-18-14-23-11-10-17(18)15-7-5-4-6-8-15/h4-14H,1-3H3,(H,25,27)(H,24,26,28). The predicted molar refractivity (Wildman–Crippen MR) is 110 cm³/mol. The van der Waals surface area contributed by atoms with Gasteiger partial charge in [-0.3, -0.25) is 14.6 Å². The zero-order chi connectivity index (χ0) is 20.1. The average Bonchev–Trinajstić information content (AvgIpc) is 2.68. The lowest BCUT2D eigenvalue weighted by Gasteiger charge is -2.17. The highest BCUT2D eigenvalue weighted by molar-refractivity contribution is 6.07. The Balaban J connectivity index is 1.82. The molecule has 2 N–H and O–H groups in total. The second kappa shape index (κ2) is 8.00. The second-order valence-electron chi connectivity index (χ2n) is 7.38. The van der Waals surface area contributed by atoms with Gasteiger partial charge < -0.3 is 10.6 Å². The molecule has 2 amide bonds. The first-order valence-corrected chi connectivity index (χ1v) is 8.93. The molecule has 0 saturated carbocycles. The highest BCUT2D eigenvalue weighted by atomic mass is 16.2. The number of nitrogens with zero attached hydrogens (tertiary/aromatic N) is 2. The highest BCUT2D eigenvalue weighted by Crippen LogP contribution is 2.27. The van der Waals surface area contributed by atoms with Gasteiger partial charge in [-0.25, -0.2) is 4.98 Å². The van der Waals surface area contributed by atoms with Crippen LogP contribution in [0.3, 0.4) is 0 Å². The third-order valence-corrected chi connectivity index (χ3v) is 4.10. The van der Waals surface area contributed by atoms with Crippen molar-refractivity contribution < 1.29 is 9.59 Å². The summed E-state index contributed by atoms with van der Waals surface area (Å²) >= 11 is 0. The van der Waals surface area contributed by atoms with Gasteiger partial charge in [0, 0.05) is 28.9 Å². The molecule has 0 radical (unpaired) electrons. The maximum Gasteiger partial charge on any atom is 0.255 e. The number of pyridine rings is 2. The van der Waals surface area contributed by atoms with Crippen molar-refractivity contribution in [3.8, 4) is 11.1 Å². The molecule has 0 atom stereocenters. The van der Waals surface area contributed by atoms with E-state index in [1.807, 2.05) is 57.2 Å². The van der Waals surface area contributed by atoms with Crippen molar-refractivity contribution in [2.75, 3.05) is 10.6 Å². The van der Waals surface area contributed by atoms with Gasteiger partial charge in [0.25, 0.3) is 5.91 Å². The fraction of sp³-hybridized carbons (Fsp3) is 0.182. The monoisotopic (exact) mass is 374 g/mol. The molecule has 6 heteroatoms. The van der Waals surface area contributed by atoms with E-state index in [0.717, 1.165) is 11.1 Å². The Hall–Kier alpha value is -3.54. The van der Waals surface area contributed by atoms with E-state index >= 15 is 0 Å². The fourth-order valence-electron chi connectivity index (χ4n) is 2.50. The summed E-state index contributed by atoms with van der Waals surface area (Å²) in [5, 5.41) is 5.63. The summed E-state index contributed by atoms with van der Waals surface area (Å²) in [6, 6.07) is 14.8. The molecule has 0 spiro atoms. The molecule has 0 bridgehead atoms. The molecule has 0 fully saturated rings. The number of carbonyl (C=O) groups excluding carboxylic acids is 2. The smallest absolute Gasteiger partial charge is 0.255 e. The molecular formula is C22H22N4O2. The lowest BCUT2D eigenvalue weighted by Crippen LogP contribution is -2.28. The number of hydrogen-bond acceptors (Lipinski definition) is 4. The largest absolute Gasteiger partial charge is 0.320 e. The fourth-order valence-corrected chi connectivity index (χ4v) is 2.50. The van der Waals surface area contributed by atoms with Gasteiger partial charge >= 0.3 is 0 Å². The van der Waals surface area contributed by atoms with Gasteiger partial charge in [0.15, 0.2) is 0 Å². The van der Waals surface area contributed by atoms with Crippen LogP contribution in [-0.2, 0) is 4.79 Å². The first kappa shape index (κ1) is 19.2. The van der Waals surface area contributed by atoms with Crippen LogP contribution in [0.15, 0.2) is 67.1 Å². The Morgan fingerprint density at radius 2 is 1.68 bits per heavy atom. The molecule has 0 saturated heterocycles. The lowest BCUT2D eigenvalue weighted by molar-refractivity contribution is -0.123. The van der Waals surface area contributed by atoms with Crippen molar-refractivity contribution in [1.82, 2.24) is 9.97 Å². The van der Waals surface area contributed by atoms with Gasteiger partial charge in [0.2, 0.25) is 5.91 Å². The van der Waals surface area contributed by atoms with Gasteiger partial charge in [-0.05, 0) is 23.8 Å². The molecule has 0 aliphatic carbocycles. The van der Waals surface area contributed by atoms with Gasteiger partial charge in [0.05, 0.1) is 11.9 Å². The van der Waals surface area contributed by atoms with Crippen LogP contribution in [0.2, 0.25) is 0 Å². The zero-order valence-electron chi connectivity index (χ0n) is 16.1. The summed E-state index contributed by atoms with van der Waals surface area (Å²) in [6.07, 6.45) is 4.79. The van der Waals surface area contributed by atoms with Crippen molar-refractivity contribution in [3.05, 3.63) is 72.7 Å². The first-order valence-electron chi connectivity index (χ1n) is 8.93. The van der Waals surface area contributed by atoms with Gasteiger partial charge in [-0.15, -0.1) is 0 Å². The van der Waals surface area contributed by atoms with Gasteiger partial charge in [0.1, 0.15) is 5.82 Å². The van der Waals surface area contributed by atoms with Crippen molar-refractivity contribution in [3.63, 3.8) is 0 Å². The molecule has 28 heavy (non-hydrogen) atoms. The minimum Gasteiger partial charge on any atom is -0.320 e. The molecule has 3 aromatic rings. The lowest BCUT2D eigenvalue weighted by atomic mass is 9.96. The van der Waals surface area contributed by atoms with E-state index < -0.39 is 5.41 Å². The van der Waals surface area contributed by atoms with Crippen molar-refractivity contribution in [1.29, 1.82) is 0 Å². The molecule has 0 aliphatic rings. The minimum absolute atomic E-state index is 0.170. The van der Waals surface area contributed by atoms with E-state index in [9.17, 15) is 9.59 Å². The van der Waals surface area contributed by atoms with Crippen LogP contribution in [0.4, 0.5) is 11.5 Å². The molecule has 0 unspecified atom stereocenters. The summed E-state index contributed by atoms with van der Waals surface area (Å²) < 4.78 is 0. The van der Waals surface area contributed by atoms with Crippen LogP contribution in [0, 0.1) is 5.41 Å². The van der Waals surface area contributed by atoms with Crippen molar-refractivity contribution in [2.24, 2.45) is 5.41 Å². The van der Waals surface area contributed by atoms with Crippen molar-refractivity contribution in [2.45, 2.75) is 20.8 Å². The maximum absolute atomic E-state index is 12.8. The number of aromatic nitrogens is 2. The van der Waals surface area contributed by atoms with Gasteiger partial charge in [-0.2, -0.15) is 0 Å². The SMILES string of the molecule is CC(C)(C)C(=O)Nc1cc(C(=O)Nc2cnccc2-c2ccccc2)ccn1. The topological polar surface area (TPSA) is 84.0 Å². The number of benzene rings is 1. The number of anilines is 2. The van der Waals surface area contributed by atoms with Crippen LogP contribution in [-0.4, -0.2) is 21.8 Å². The van der Waals surface area contributed by atoms with Crippen LogP contribution in [0.25, 0.3) is 11.1 Å². The Morgan fingerprint density at radius 1 is 0.929 bits per heavy atom. The van der Waals surface area contributed by atoms with E-state index in [0.29, 0.717) is 17.1 Å². The first-order chi connectivity index (χ1) is 13.3. The van der Waals surface area contributed by atoms with E-state index in [1.165, 1.54) is 6.20 Å². The number of nitrogens with one attached hydrogen (secondary N) is 2. The quantitative estimate of drug-likeness (QED) is 0.710. The molecule has 3 rings (SSSR count). The summed E-state index contributed by atoms with van der Waals surface area (Å²) in [6.45, 7) is 5.44. The minimum atomic E-state index is -0.555. The Bertz CT molecular complexity index is 995. The summed E-state index contributed by atoms with van der Waals surface area (Å²) in [5.41, 5.74) is 2.30. The van der Waals surface area contributed by atoms with E-state index in [1.54, 1.807) is 24.5 Å². The molecule has 2 aromatic heterocycles. The Labute approximate surface area is 164 Å². The van der Waals surface area contributed by atoms with Crippen molar-refractivity contribution >= 4 is 23.3 Å². The highest BCUT2D eigenvalue weighted by Gasteiger charge is 2.22. The zero-order valence-corrected chi connectivity index (χ0v) is 16.1. The third-order valence-electron chi connectivity index (χ3n) is 4.10. The Morgan fingerprint density at radius 3 is 2.39 bits per heavy atom. The molecule has 1 aromatic carbocycles. The third kappa shape index (κ3) is 4.59. The predicted octanol–water partition coefficient (Wildman–Crippen LogP) is 4.38. The molecule has 6 nitrogen and oxygen atoms in total. The second-order valence-corrected chi connectivity index (χ2v) is 7.38. The van der Waals surface area contributed by atoms with Crippen LogP contribution in [0.1, 0.15) is 31.1 Å². The maximum atomic E-state index is 12.8. The molecule has 2 heterocycles. The summed E-state index contributed by atoms with van der Waals surface area (Å²) in [7, 11) is 0. The van der Waals surface area contributed by atoms with E-state index in [2.05, 4.69) is 20.6 Å². The molecule has 142 valence electrons. The summed E-state index contributed by atoms with van der Waals surface area (Å²) in [5.74, 6) is -0.142. The van der Waals surface area contributed by atoms with Crippen LogP contribution < -0.4 is 10.6 Å². The van der Waals surface area contributed by atoms with E-state index in [-0.39, 0.29) is 11.8 Å². The summed E-state index contributed by atoms with van der Waals surface area (Å²) in [4.78, 5) is 33.1. The number of amides is 2. The normalized spacial score (nSPS) is 11.0. The Kier molecular flexibility index (Phi) is 5.49. The van der Waals surface area contributed by atoms with Crippen LogP contribution in [0.5, 0.6) is 0 Å². The molecular weight excluding hydrogens is 352 g/mol. The molecule has 0 aliphatic heterocycles. The number of hydrogen-bond donors (Lipinski definition) is 2.